The molecule has 0 aliphatic heterocycles. The minimum atomic E-state index is -0.105. The lowest BCUT2D eigenvalue weighted by atomic mass is 10.1. The molecule has 0 spiro atoms. The Balaban J connectivity index is 0.00000450. The number of amides is 1. The molecular weight excluding hydrogens is 495 g/mol. The lowest BCUT2D eigenvalue weighted by Crippen LogP contribution is -2.38. The number of nitrogens with zero attached hydrogens (tertiary/aromatic N) is 2. The van der Waals surface area contributed by atoms with Gasteiger partial charge in [-0.3, -0.25) is 4.79 Å². The number of methoxy groups -OCH3 is 2. The van der Waals surface area contributed by atoms with Crippen molar-refractivity contribution in [2.45, 2.75) is 20.0 Å². The van der Waals surface area contributed by atoms with Crippen LogP contribution in [-0.4, -0.2) is 51.6 Å². The second kappa shape index (κ2) is 12.9. The lowest BCUT2D eigenvalue weighted by Gasteiger charge is -2.23. The van der Waals surface area contributed by atoms with Gasteiger partial charge in [0.1, 0.15) is 11.5 Å². The molecule has 2 aromatic carbocycles. The Morgan fingerprint density at radius 1 is 1.13 bits per heavy atom. The van der Waals surface area contributed by atoms with Gasteiger partial charge in [0.2, 0.25) is 0 Å². The van der Waals surface area contributed by atoms with Crippen molar-refractivity contribution in [2.75, 3.05) is 34.9 Å². The van der Waals surface area contributed by atoms with E-state index in [0.29, 0.717) is 18.7 Å². The number of benzene rings is 2. The van der Waals surface area contributed by atoms with Gasteiger partial charge in [-0.2, -0.15) is 0 Å². The van der Waals surface area contributed by atoms with Crippen molar-refractivity contribution in [3.63, 3.8) is 0 Å². The first-order chi connectivity index (χ1) is 14.0. The third kappa shape index (κ3) is 7.08. The van der Waals surface area contributed by atoms with Gasteiger partial charge in [0.25, 0.3) is 5.91 Å². The van der Waals surface area contributed by atoms with Gasteiger partial charge >= 0.3 is 0 Å². The van der Waals surface area contributed by atoms with Crippen LogP contribution in [0.4, 0.5) is 0 Å². The predicted octanol–water partition coefficient (Wildman–Crippen LogP) is 3.28. The Kier molecular flexibility index (Phi) is 11.0. The van der Waals surface area contributed by atoms with Gasteiger partial charge in [-0.25, -0.2) is 4.99 Å². The highest BCUT2D eigenvalue weighted by Gasteiger charge is 2.11. The molecule has 0 atom stereocenters. The van der Waals surface area contributed by atoms with Gasteiger partial charge in [0, 0.05) is 44.4 Å². The van der Waals surface area contributed by atoms with Crippen LogP contribution in [0.3, 0.4) is 0 Å². The van der Waals surface area contributed by atoms with E-state index >= 15 is 0 Å². The Labute approximate surface area is 195 Å². The lowest BCUT2D eigenvalue weighted by molar-refractivity contribution is 0.0963. The molecule has 0 aliphatic carbocycles. The van der Waals surface area contributed by atoms with Crippen LogP contribution in [0.15, 0.2) is 47.5 Å². The van der Waals surface area contributed by atoms with Crippen molar-refractivity contribution in [1.82, 2.24) is 15.5 Å². The van der Waals surface area contributed by atoms with Crippen LogP contribution >= 0.6 is 24.0 Å². The number of ether oxygens (including phenoxy) is 2. The molecule has 0 aromatic heterocycles. The quantitative estimate of drug-likeness (QED) is 0.314. The maximum absolute atomic E-state index is 11.8. The Bertz CT molecular complexity index is 858. The second-order valence-corrected chi connectivity index (χ2v) is 6.48. The summed E-state index contributed by atoms with van der Waals surface area (Å²) in [5, 5.41) is 5.95. The zero-order valence-electron chi connectivity index (χ0n) is 18.2. The predicted molar refractivity (Wildman–Crippen MR) is 131 cm³/mol. The van der Waals surface area contributed by atoms with Crippen LogP contribution in [0.25, 0.3) is 0 Å². The highest BCUT2D eigenvalue weighted by atomic mass is 127. The number of hydrogen-bond donors (Lipinski definition) is 2. The van der Waals surface area contributed by atoms with E-state index in [-0.39, 0.29) is 29.9 Å². The van der Waals surface area contributed by atoms with Crippen molar-refractivity contribution in [1.29, 1.82) is 0 Å². The van der Waals surface area contributed by atoms with Gasteiger partial charge in [-0.15, -0.1) is 24.0 Å². The third-order valence-electron chi connectivity index (χ3n) is 4.43. The van der Waals surface area contributed by atoms with Gasteiger partial charge in [-0.05, 0) is 36.8 Å². The molecular formula is C22H31IN4O3. The largest absolute Gasteiger partial charge is 0.497 e. The van der Waals surface area contributed by atoms with Crippen molar-refractivity contribution < 1.29 is 14.3 Å². The molecule has 0 heterocycles. The summed E-state index contributed by atoms with van der Waals surface area (Å²) >= 11 is 0. The van der Waals surface area contributed by atoms with Crippen molar-refractivity contribution >= 4 is 35.8 Å². The highest BCUT2D eigenvalue weighted by Crippen LogP contribution is 2.25. The molecule has 0 aliphatic rings. The highest BCUT2D eigenvalue weighted by molar-refractivity contribution is 14.0. The fourth-order valence-electron chi connectivity index (χ4n) is 2.90. The molecule has 0 saturated carbocycles. The summed E-state index contributed by atoms with van der Waals surface area (Å²) in [4.78, 5) is 18.6. The number of rotatable bonds is 8. The minimum absolute atomic E-state index is 0. The molecule has 0 unspecified atom stereocenters. The van der Waals surface area contributed by atoms with Crippen LogP contribution < -0.4 is 20.1 Å². The Morgan fingerprint density at radius 2 is 1.90 bits per heavy atom. The molecule has 164 valence electrons. The number of nitrogens with one attached hydrogen (secondary N) is 2. The molecule has 1 amide bonds. The average molecular weight is 526 g/mol. The van der Waals surface area contributed by atoms with Gasteiger partial charge in [-0.1, -0.05) is 12.1 Å². The zero-order chi connectivity index (χ0) is 21.2. The first kappa shape index (κ1) is 25.5. The number of carbonyl (C=O) groups is 1. The standard InChI is InChI=1S/C22H30N4O3.HI/c1-6-24-22(25-14-16-8-7-9-17(12-16)21(27)23-2)26(3)15-18-10-11-19(28-4)13-20(18)29-5;/h7-13H,6,14-15H2,1-5H3,(H,23,27)(H,24,25);1H. The Morgan fingerprint density at radius 3 is 2.53 bits per heavy atom. The second-order valence-electron chi connectivity index (χ2n) is 6.48. The normalized spacial score (nSPS) is 10.6. The molecule has 30 heavy (non-hydrogen) atoms. The number of halogens is 1. The molecule has 2 aromatic rings. The fourth-order valence-corrected chi connectivity index (χ4v) is 2.90. The topological polar surface area (TPSA) is 75.2 Å². The molecule has 2 N–H and O–H groups in total. The first-order valence-electron chi connectivity index (χ1n) is 9.53. The molecule has 2 rings (SSSR count). The number of carbonyl (C=O) groups excluding carboxylic acids is 1. The minimum Gasteiger partial charge on any atom is -0.497 e. The first-order valence-corrected chi connectivity index (χ1v) is 9.53. The summed E-state index contributed by atoms with van der Waals surface area (Å²) in [6.07, 6.45) is 0. The molecule has 0 bridgehead atoms. The molecule has 0 radical (unpaired) electrons. The summed E-state index contributed by atoms with van der Waals surface area (Å²) in [5.41, 5.74) is 2.63. The summed E-state index contributed by atoms with van der Waals surface area (Å²) in [7, 11) is 6.89. The van der Waals surface area contributed by atoms with Crippen LogP contribution in [-0.2, 0) is 13.1 Å². The van der Waals surface area contributed by atoms with E-state index in [1.54, 1.807) is 27.3 Å². The third-order valence-corrected chi connectivity index (χ3v) is 4.43. The van der Waals surface area contributed by atoms with E-state index < -0.39 is 0 Å². The van der Waals surface area contributed by atoms with E-state index in [2.05, 4.69) is 10.6 Å². The zero-order valence-corrected chi connectivity index (χ0v) is 20.5. The van der Waals surface area contributed by atoms with E-state index in [1.165, 1.54) is 0 Å². The number of hydrogen-bond acceptors (Lipinski definition) is 4. The van der Waals surface area contributed by atoms with Gasteiger partial charge in [0.05, 0.1) is 20.8 Å². The van der Waals surface area contributed by atoms with Crippen molar-refractivity contribution in [3.05, 3.63) is 59.2 Å². The molecule has 7 nitrogen and oxygen atoms in total. The van der Waals surface area contributed by atoms with Crippen LogP contribution in [0.5, 0.6) is 11.5 Å². The SMILES string of the molecule is CCNC(=NCc1cccc(C(=O)NC)c1)N(C)Cc1ccc(OC)cc1OC.I. The van der Waals surface area contributed by atoms with Crippen LogP contribution in [0, 0.1) is 0 Å². The maximum atomic E-state index is 11.8. The molecule has 8 heteroatoms. The smallest absolute Gasteiger partial charge is 0.251 e. The van der Waals surface area contributed by atoms with E-state index in [9.17, 15) is 4.79 Å². The van der Waals surface area contributed by atoms with E-state index in [4.69, 9.17) is 14.5 Å². The molecule has 0 saturated heterocycles. The van der Waals surface area contributed by atoms with Crippen molar-refractivity contribution in [2.24, 2.45) is 4.99 Å². The summed E-state index contributed by atoms with van der Waals surface area (Å²) < 4.78 is 10.8. The molecule has 0 fully saturated rings. The van der Waals surface area contributed by atoms with Crippen LogP contribution in [0.1, 0.15) is 28.4 Å². The number of guanidine groups is 1. The van der Waals surface area contributed by atoms with E-state index in [1.807, 2.05) is 55.3 Å². The van der Waals surface area contributed by atoms with E-state index in [0.717, 1.165) is 35.1 Å². The average Bonchev–Trinajstić information content (AvgIpc) is 2.76. The van der Waals surface area contributed by atoms with Gasteiger partial charge in [0.15, 0.2) is 5.96 Å². The van der Waals surface area contributed by atoms with Gasteiger partial charge < -0.3 is 25.0 Å². The van der Waals surface area contributed by atoms with Crippen molar-refractivity contribution in [3.8, 4) is 11.5 Å². The Hall–Kier alpha value is -2.49. The summed E-state index contributed by atoms with van der Waals surface area (Å²) in [5.74, 6) is 2.19. The maximum Gasteiger partial charge on any atom is 0.251 e. The number of aliphatic imine (C=N–C) groups is 1. The van der Waals surface area contributed by atoms with Crippen LogP contribution in [0.2, 0.25) is 0 Å². The summed E-state index contributed by atoms with van der Waals surface area (Å²) in [6, 6.07) is 13.3. The fraction of sp³-hybridized carbons (Fsp3) is 0.364. The monoisotopic (exact) mass is 526 g/mol. The summed E-state index contributed by atoms with van der Waals surface area (Å²) in [6.45, 7) is 3.87.